The average Bonchev–Trinajstić information content (AvgIpc) is 2.59. The van der Waals surface area contributed by atoms with Crippen molar-refractivity contribution in [3.63, 3.8) is 0 Å². The van der Waals surface area contributed by atoms with Crippen LogP contribution in [0, 0.1) is 11.3 Å². The Balaban J connectivity index is 1.71. The minimum atomic E-state index is 0.0669. The van der Waals surface area contributed by atoms with Gasteiger partial charge in [0.25, 0.3) is 0 Å². The number of piperidine rings is 2. The van der Waals surface area contributed by atoms with Crippen molar-refractivity contribution in [1.29, 1.82) is 0 Å². The largest absolute Gasteiger partial charge is 0.355 e. The van der Waals surface area contributed by atoms with E-state index < -0.39 is 0 Å². The van der Waals surface area contributed by atoms with Crippen molar-refractivity contribution in [3.8, 4) is 0 Å². The number of rotatable bonds is 7. The van der Waals surface area contributed by atoms with Crippen molar-refractivity contribution in [1.82, 2.24) is 20.0 Å². The van der Waals surface area contributed by atoms with Crippen molar-refractivity contribution in [3.05, 3.63) is 0 Å². The van der Waals surface area contributed by atoms with Gasteiger partial charge in [0.05, 0.1) is 6.54 Å². The summed E-state index contributed by atoms with van der Waals surface area (Å²) >= 11 is 0. The lowest BCUT2D eigenvalue weighted by Crippen LogP contribution is -2.49. The van der Waals surface area contributed by atoms with Crippen LogP contribution >= 0.6 is 0 Å². The van der Waals surface area contributed by atoms with Gasteiger partial charge in [0.1, 0.15) is 0 Å². The maximum absolute atomic E-state index is 12.6. The average molecular weight is 381 g/mol. The molecule has 0 spiro atoms. The molecule has 0 radical (unpaired) electrons. The molecule has 1 N–H and O–H groups in total. The molecule has 1 unspecified atom stereocenters. The predicted octanol–water partition coefficient (Wildman–Crippen LogP) is 1.80. The summed E-state index contributed by atoms with van der Waals surface area (Å²) in [6, 6.07) is 0.375. The summed E-state index contributed by atoms with van der Waals surface area (Å²) in [5.41, 5.74) is 0.0669. The van der Waals surface area contributed by atoms with E-state index in [1.807, 2.05) is 0 Å². The zero-order valence-electron chi connectivity index (χ0n) is 18.1. The Morgan fingerprint density at radius 2 is 1.74 bits per heavy atom. The molecule has 2 rings (SSSR count). The molecule has 2 saturated heterocycles. The molecule has 6 heteroatoms. The monoisotopic (exact) mass is 380 g/mol. The molecule has 0 saturated carbocycles. The number of hydrogen-bond donors (Lipinski definition) is 1. The van der Waals surface area contributed by atoms with E-state index in [2.05, 4.69) is 54.9 Å². The third-order valence-corrected chi connectivity index (χ3v) is 5.93. The molecule has 0 bridgehead atoms. The van der Waals surface area contributed by atoms with Crippen LogP contribution in [0.3, 0.4) is 0 Å². The summed E-state index contributed by atoms with van der Waals surface area (Å²) in [4.78, 5) is 31.6. The highest BCUT2D eigenvalue weighted by molar-refractivity contribution is 5.79. The van der Waals surface area contributed by atoms with Gasteiger partial charge >= 0.3 is 0 Å². The van der Waals surface area contributed by atoms with E-state index in [-0.39, 0.29) is 23.1 Å². The molecule has 6 nitrogen and oxygen atoms in total. The number of amides is 2. The van der Waals surface area contributed by atoms with Crippen LogP contribution in [0.2, 0.25) is 0 Å². The van der Waals surface area contributed by atoms with E-state index in [0.29, 0.717) is 19.1 Å². The van der Waals surface area contributed by atoms with Crippen LogP contribution in [0.5, 0.6) is 0 Å². The Hall–Kier alpha value is -1.14. The third kappa shape index (κ3) is 7.07. The fraction of sp³-hybridized carbons (Fsp3) is 0.905. The molecule has 0 aromatic heterocycles. The van der Waals surface area contributed by atoms with Crippen molar-refractivity contribution >= 4 is 11.8 Å². The van der Waals surface area contributed by atoms with Gasteiger partial charge in [-0.25, -0.2) is 0 Å². The number of carbonyl (C=O) groups excluding carboxylic acids is 2. The van der Waals surface area contributed by atoms with Gasteiger partial charge in [-0.1, -0.05) is 13.8 Å². The van der Waals surface area contributed by atoms with E-state index in [0.717, 1.165) is 51.9 Å². The maximum Gasteiger partial charge on any atom is 0.236 e. The summed E-state index contributed by atoms with van der Waals surface area (Å²) < 4.78 is 0. The fourth-order valence-corrected chi connectivity index (χ4v) is 4.49. The van der Waals surface area contributed by atoms with Crippen LogP contribution in [-0.4, -0.2) is 85.9 Å². The summed E-state index contributed by atoms with van der Waals surface area (Å²) in [7, 11) is 4.12. The van der Waals surface area contributed by atoms with E-state index in [1.165, 1.54) is 6.42 Å². The van der Waals surface area contributed by atoms with Crippen LogP contribution in [0.25, 0.3) is 0 Å². The summed E-state index contributed by atoms with van der Waals surface area (Å²) in [6.07, 6.45) is 5.18. The SMILES string of the molecule is CC1CCCCN1C(=O)CN1CCC(C(=O)NCC(C)(C)CN(C)C)CC1. The predicted molar refractivity (Wildman–Crippen MR) is 110 cm³/mol. The van der Waals surface area contributed by atoms with Gasteiger partial charge in [0.15, 0.2) is 0 Å². The van der Waals surface area contributed by atoms with E-state index in [4.69, 9.17) is 0 Å². The van der Waals surface area contributed by atoms with Gasteiger partial charge in [-0.15, -0.1) is 0 Å². The molecule has 27 heavy (non-hydrogen) atoms. The molecule has 0 aromatic carbocycles. The zero-order valence-corrected chi connectivity index (χ0v) is 18.1. The summed E-state index contributed by atoms with van der Waals surface area (Å²) in [6.45, 7) is 11.3. The van der Waals surface area contributed by atoms with E-state index >= 15 is 0 Å². The Labute approximate surface area is 165 Å². The van der Waals surface area contributed by atoms with Crippen molar-refractivity contribution in [2.75, 3.05) is 53.4 Å². The lowest BCUT2D eigenvalue weighted by atomic mass is 9.91. The minimum Gasteiger partial charge on any atom is -0.355 e. The van der Waals surface area contributed by atoms with Gasteiger partial charge in [0, 0.05) is 31.6 Å². The van der Waals surface area contributed by atoms with Crippen molar-refractivity contribution in [2.45, 2.75) is 58.9 Å². The Bertz CT molecular complexity index is 498. The number of hydrogen-bond acceptors (Lipinski definition) is 4. The first-order chi connectivity index (χ1) is 12.7. The summed E-state index contributed by atoms with van der Waals surface area (Å²) in [5, 5.41) is 3.15. The standard InChI is InChI=1S/C21H40N4O2/c1-17-8-6-7-11-25(17)19(26)14-24-12-9-18(10-13-24)20(27)22-15-21(2,3)16-23(4)5/h17-18H,6-16H2,1-5H3,(H,22,27). The first-order valence-corrected chi connectivity index (χ1v) is 10.6. The molecular weight excluding hydrogens is 340 g/mol. The molecule has 2 heterocycles. The molecule has 2 aliphatic heterocycles. The lowest BCUT2D eigenvalue weighted by molar-refractivity contribution is -0.136. The number of carbonyl (C=O) groups is 2. The molecule has 2 aliphatic rings. The van der Waals surface area contributed by atoms with E-state index in [9.17, 15) is 9.59 Å². The lowest BCUT2D eigenvalue weighted by Gasteiger charge is -2.37. The topological polar surface area (TPSA) is 55.9 Å². The maximum atomic E-state index is 12.6. The van der Waals surface area contributed by atoms with Crippen LogP contribution in [0.15, 0.2) is 0 Å². The second kappa shape index (κ2) is 9.87. The highest BCUT2D eigenvalue weighted by Gasteiger charge is 2.29. The second-order valence-corrected chi connectivity index (χ2v) is 9.60. The zero-order chi connectivity index (χ0) is 20.0. The molecule has 2 amide bonds. The van der Waals surface area contributed by atoms with Gasteiger partial charge in [0.2, 0.25) is 11.8 Å². The normalized spacial score (nSPS) is 22.9. The third-order valence-electron chi connectivity index (χ3n) is 5.93. The Morgan fingerprint density at radius 1 is 1.07 bits per heavy atom. The molecule has 156 valence electrons. The molecular formula is C21H40N4O2. The minimum absolute atomic E-state index is 0.0669. The number of likely N-dealkylation sites (tertiary alicyclic amines) is 2. The highest BCUT2D eigenvalue weighted by atomic mass is 16.2. The Kier molecular flexibility index (Phi) is 8.10. The van der Waals surface area contributed by atoms with Crippen LogP contribution in [-0.2, 0) is 9.59 Å². The number of nitrogens with one attached hydrogen (secondary N) is 1. The molecule has 2 fully saturated rings. The fourth-order valence-electron chi connectivity index (χ4n) is 4.49. The van der Waals surface area contributed by atoms with Crippen LogP contribution in [0.1, 0.15) is 52.9 Å². The summed E-state index contributed by atoms with van der Waals surface area (Å²) in [5.74, 6) is 0.522. The van der Waals surface area contributed by atoms with Crippen LogP contribution < -0.4 is 5.32 Å². The van der Waals surface area contributed by atoms with Crippen molar-refractivity contribution < 1.29 is 9.59 Å². The molecule has 1 atom stereocenters. The van der Waals surface area contributed by atoms with Crippen molar-refractivity contribution in [2.24, 2.45) is 11.3 Å². The first-order valence-electron chi connectivity index (χ1n) is 10.6. The first kappa shape index (κ1) is 22.2. The van der Waals surface area contributed by atoms with Gasteiger partial charge in [-0.3, -0.25) is 14.5 Å². The smallest absolute Gasteiger partial charge is 0.236 e. The number of nitrogens with zero attached hydrogens (tertiary/aromatic N) is 3. The molecule has 0 aromatic rings. The van der Waals surface area contributed by atoms with Gasteiger partial charge in [-0.2, -0.15) is 0 Å². The molecule has 0 aliphatic carbocycles. The Morgan fingerprint density at radius 3 is 2.33 bits per heavy atom. The second-order valence-electron chi connectivity index (χ2n) is 9.60. The van der Waals surface area contributed by atoms with Crippen LogP contribution in [0.4, 0.5) is 0 Å². The quantitative estimate of drug-likeness (QED) is 0.732. The van der Waals surface area contributed by atoms with Gasteiger partial charge in [-0.05, 0) is 71.6 Å². The highest BCUT2D eigenvalue weighted by Crippen LogP contribution is 2.21. The van der Waals surface area contributed by atoms with E-state index in [1.54, 1.807) is 0 Å². The van der Waals surface area contributed by atoms with Gasteiger partial charge < -0.3 is 15.1 Å².